The molecular weight excluding hydrogens is 296 g/mol. The van der Waals surface area contributed by atoms with E-state index in [-0.39, 0.29) is 35.6 Å². The summed E-state index contributed by atoms with van der Waals surface area (Å²) >= 11 is 5.61. The van der Waals surface area contributed by atoms with Crippen molar-refractivity contribution in [2.45, 2.75) is 32.7 Å². The topological polar surface area (TPSA) is 81.5 Å². The number of benzene rings is 1. The highest BCUT2D eigenvalue weighted by molar-refractivity contribution is 6.17. The number of ether oxygens (including phenoxy) is 1. The van der Waals surface area contributed by atoms with E-state index in [1.807, 2.05) is 6.92 Å². The minimum atomic E-state index is -0.557. The zero-order chi connectivity index (χ0) is 15.8. The van der Waals surface area contributed by atoms with Crippen molar-refractivity contribution < 1.29 is 14.5 Å². The Morgan fingerprint density at radius 3 is 2.81 bits per heavy atom. The third kappa shape index (κ3) is 4.90. The van der Waals surface area contributed by atoms with Crippen molar-refractivity contribution >= 4 is 23.2 Å². The lowest BCUT2D eigenvalue weighted by molar-refractivity contribution is -0.385. The number of hydrogen-bond acceptors (Lipinski definition) is 4. The van der Waals surface area contributed by atoms with Crippen molar-refractivity contribution in [2.75, 3.05) is 12.5 Å². The van der Waals surface area contributed by atoms with Gasteiger partial charge in [-0.1, -0.05) is 6.07 Å². The van der Waals surface area contributed by atoms with Gasteiger partial charge in [-0.2, -0.15) is 0 Å². The van der Waals surface area contributed by atoms with Crippen LogP contribution in [0, 0.1) is 10.1 Å². The summed E-state index contributed by atoms with van der Waals surface area (Å²) in [6.45, 7) is 3.82. The molecule has 1 aromatic carbocycles. The van der Waals surface area contributed by atoms with Crippen molar-refractivity contribution in [3.8, 4) is 5.75 Å². The molecule has 0 saturated heterocycles. The number of rotatable bonds is 8. The van der Waals surface area contributed by atoms with Gasteiger partial charge in [0.05, 0.1) is 17.1 Å². The monoisotopic (exact) mass is 314 g/mol. The minimum absolute atomic E-state index is 0.00652. The fourth-order valence-electron chi connectivity index (χ4n) is 1.90. The molecule has 0 aliphatic rings. The van der Waals surface area contributed by atoms with Crippen LogP contribution < -0.4 is 10.1 Å². The smallest absolute Gasteiger partial charge is 0.311 e. The first kappa shape index (κ1) is 17.2. The van der Waals surface area contributed by atoms with Crippen molar-refractivity contribution in [2.24, 2.45) is 0 Å². The van der Waals surface area contributed by atoms with Crippen LogP contribution in [0.5, 0.6) is 5.75 Å². The van der Waals surface area contributed by atoms with Crippen LogP contribution in [-0.4, -0.2) is 29.4 Å². The van der Waals surface area contributed by atoms with E-state index in [2.05, 4.69) is 5.32 Å². The van der Waals surface area contributed by atoms with Gasteiger partial charge in [0, 0.05) is 18.0 Å². The van der Waals surface area contributed by atoms with E-state index in [1.165, 1.54) is 18.2 Å². The predicted molar refractivity (Wildman–Crippen MR) is 81.1 cm³/mol. The van der Waals surface area contributed by atoms with Crippen LogP contribution in [0.25, 0.3) is 0 Å². The molecule has 1 amide bonds. The lowest BCUT2D eigenvalue weighted by Gasteiger charge is -2.15. The SMILES string of the molecule is CCOc1c(C(=O)NC(C)CCCCl)cccc1[N+](=O)[O-]. The maximum Gasteiger partial charge on any atom is 0.311 e. The Labute approximate surface area is 128 Å². The van der Waals surface area contributed by atoms with Crippen molar-refractivity contribution in [3.63, 3.8) is 0 Å². The van der Waals surface area contributed by atoms with Crippen LogP contribution in [0.2, 0.25) is 0 Å². The van der Waals surface area contributed by atoms with Crippen molar-refractivity contribution in [3.05, 3.63) is 33.9 Å². The van der Waals surface area contributed by atoms with E-state index in [0.29, 0.717) is 5.88 Å². The zero-order valence-corrected chi connectivity index (χ0v) is 12.9. The van der Waals surface area contributed by atoms with Gasteiger partial charge in [0.15, 0.2) is 0 Å². The first-order valence-corrected chi connectivity index (χ1v) is 7.31. The number of para-hydroxylation sites is 1. The molecule has 0 aromatic heterocycles. The molecule has 1 atom stereocenters. The Morgan fingerprint density at radius 1 is 1.52 bits per heavy atom. The summed E-state index contributed by atoms with van der Waals surface area (Å²) in [4.78, 5) is 22.7. The van der Waals surface area contributed by atoms with Gasteiger partial charge >= 0.3 is 5.69 Å². The number of amides is 1. The molecule has 116 valence electrons. The summed E-state index contributed by atoms with van der Waals surface area (Å²) in [6, 6.07) is 4.24. The number of halogens is 1. The van der Waals surface area contributed by atoms with Gasteiger partial charge in [-0.15, -0.1) is 11.6 Å². The Balaban J connectivity index is 2.97. The number of nitro benzene ring substituents is 1. The number of alkyl halides is 1. The quantitative estimate of drug-likeness (QED) is 0.454. The summed E-state index contributed by atoms with van der Waals surface area (Å²) in [5.74, 6) is 0.151. The van der Waals surface area contributed by atoms with Gasteiger partial charge in [0.25, 0.3) is 5.91 Å². The predicted octanol–water partition coefficient (Wildman–Crippen LogP) is 3.13. The van der Waals surface area contributed by atoms with E-state index >= 15 is 0 Å². The fourth-order valence-corrected chi connectivity index (χ4v) is 2.05. The Hall–Kier alpha value is -1.82. The second-order valence-electron chi connectivity index (χ2n) is 4.55. The van der Waals surface area contributed by atoms with Crippen LogP contribution in [-0.2, 0) is 0 Å². The summed E-state index contributed by atoms with van der Waals surface area (Å²) in [6.07, 6.45) is 1.53. The molecule has 0 fully saturated rings. The molecule has 1 N–H and O–H groups in total. The first-order valence-electron chi connectivity index (χ1n) is 6.78. The standard InChI is InChI=1S/C14H19ClN2O4/c1-3-21-13-11(7-4-8-12(13)17(19)20)14(18)16-10(2)6-5-9-15/h4,7-8,10H,3,5-6,9H2,1-2H3,(H,16,18). The van der Waals surface area contributed by atoms with Crippen molar-refractivity contribution in [1.29, 1.82) is 0 Å². The Bertz CT molecular complexity index is 508. The summed E-state index contributed by atoms with van der Waals surface area (Å²) in [5.41, 5.74) is -0.0401. The lowest BCUT2D eigenvalue weighted by Crippen LogP contribution is -2.33. The normalized spacial score (nSPS) is 11.8. The maximum absolute atomic E-state index is 12.2. The van der Waals surface area contributed by atoms with E-state index in [1.54, 1.807) is 6.92 Å². The average Bonchev–Trinajstić information content (AvgIpc) is 2.45. The molecule has 7 heteroatoms. The van der Waals surface area contributed by atoms with E-state index in [9.17, 15) is 14.9 Å². The number of carbonyl (C=O) groups excluding carboxylic acids is 1. The van der Waals surface area contributed by atoms with Crippen LogP contribution in [0.4, 0.5) is 5.69 Å². The molecule has 6 nitrogen and oxygen atoms in total. The van der Waals surface area contributed by atoms with Gasteiger partial charge in [-0.25, -0.2) is 0 Å². The molecule has 21 heavy (non-hydrogen) atoms. The van der Waals surface area contributed by atoms with Gasteiger partial charge in [0.1, 0.15) is 0 Å². The largest absolute Gasteiger partial charge is 0.487 e. The van der Waals surface area contributed by atoms with Crippen LogP contribution in [0.15, 0.2) is 18.2 Å². The third-order valence-electron chi connectivity index (χ3n) is 2.87. The number of nitro groups is 1. The molecule has 0 aliphatic carbocycles. The molecule has 0 heterocycles. The van der Waals surface area contributed by atoms with Gasteiger partial charge in [0.2, 0.25) is 5.75 Å². The third-order valence-corrected chi connectivity index (χ3v) is 3.14. The molecule has 1 aromatic rings. The van der Waals surface area contributed by atoms with Gasteiger partial charge in [-0.3, -0.25) is 14.9 Å². The maximum atomic E-state index is 12.2. The number of nitrogens with zero attached hydrogens (tertiary/aromatic N) is 1. The molecular formula is C14H19ClN2O4. The highest BCUT2D eigenvalue weighted by atomic mass is 35.5. The highest BCUT2D eigenvalue weighted by Crippen LogP contribution is 2.31. The molecule has 0 bridgehead atoms. The Morgan fingerprint density at radius 2 is 2.24 bits per heavy atom. The van der Waals surface area contributed by atoms with E-state index < -0.39 is 4.92 Å². The van der Waals surface area contributed by atoms with Crippen LogP contribution in [0.1, 0.15) is 37.0 Å². The summed E-state index contributed by atoms with van der Waals surface area (Å²) < 4.78 is 5.29. The van der Waals surface area contributed by atoms with E-state index in [4.69, 9.17) is 16.3 Å². The Kier molecular flexibility index (Phi) is 6.94. The summed E-state index contributed by atoms with van der Waals surface area (Å²) in [5, 5.41) is 13.8. The molecule has 0 saturated carbocycles. The first-order chi connectivity index (χ1) is 10.0. The van der Waals surface area contributed by atoms with E-state index in [0.717, 1.165) is 12.8 Å². The molecule has 0 radical (unpaired) electrons. The number of nitrogens with one attached hydrogen (secondary N) is 1. The summed E-state index contributed by atoms with van der Waals surface area (Å²) in [7, 11) is 0. The van der Waals surface area contributed by atoms with Crippen molar-refractivity contribution in [1.82, 2.24) is 5.32 Å². The molecule has 1 rings (SSSR count). The minimum Gasteiger partial charge on any atom is -0.487 e. The number of hydrogen-bond donors (Lipinski definition) is 1. The van der Waals surface area contributed by atoms with Crippen LogP contribution in [0.3, 0.4) is 0 Å². The second-order valence-corrected chi connectivity index (χ2v) is 4.93. The molecule has 0 spiro atoms. The lowest BCUT2D eigenvalue weighted by atomic mass is 10.1. The molecule has 0 aliphatic heterocycles. The zero-order valence-electron chi connectivity index (χ0n) is 12.1. The van der Waals surface area contributed by atoms with Gasteiger partial charge < -0.3 is 10.1 Å². The van der Waals surface area contributed by atoms with Gasteiger partial charge in [-0.05, 0) is 32.8 Å². The highest BCUT2D eigenvalue weighted by Gasteiger charge is 2.23. The number of carbonyl (C=O) groups is 1. The average molecular weight is 315 g/mol. The van der Waals surface area contributed by atoms with Crippen LogP contribution >= 0.6 is 11.6 Å². The molecule has 1 unspecified atom stereocenters. The second kappa shape index (κ2) is 8.46. The fraction of sp³-hybridized carbons (Fsp3) is 0.500.